The number of rotatable bonds is 7. The van der Waals surface area contributed by atoms with E-state index in [2.05, 4.69) is 20.3 Å². The van der Waals surface area contributed by atoms with E-state index < -0.39 is 5.97 Å². The van der Waals surface area contributed by atoms with Crippen molar-refractivity contribution >= 4 is 11.9 Å². The molecule has 2 rings (SSSR count). The van der Waals surface area contributed by atoms with Crippen LogP contribution in [-0.2, 0) is 0 Å². The molecule has 1 fully saturated rings. The maximum absolute atomic E-state index is 10.9. The Balaban J connectivity index is 2.09. The van der Waals surface area contributed by atoms with E-state index in [0.29, 0.717) is 19.1 Å². The number of hydrogen-bond donors (Lipinski definition) is 2. The van der Waals surface area contributed by atoms with Crippen LogP contribution >= 0.6 is 0 Å². The number of anilines is 1. The topological polar surface area (TPSA) is 97.2 Å². The summed E-state index contributed by atoms with van der Waals surface area (Å²) >= 11 is 0. The van der Waals surface area contributed by atoms with Crippen LogP contribution in [0.5, 0.6) is 6.01 Å². The Bertz CT molecular complexity index is 434. The molecule has 0 radical (unpaired) electrons. The van der Waals surface area contributed by atoms with Crippen LogP contribution in [-0.4, -0.2) is 39.2 Å². The molecule has 0 spiro atoms. The van der Waals surface area contributed by atoms with Crippen molar-refractivity contribution in [1.29, 1.82) is 0 Å². The SMILES string of the molecule is CCCNc1nc(OCC2CC2)nc(C(=O)O)n1. The molecule has 1 saturated carbocycles. The van der Waals surface area contributed by atoms with E-state index in [-0.39, 0.29) is 17.8 Å². The lowest BCUT2D eigenvalue weighted by Crippen LogP contribution is -2.13. The summed E-state index contributed by atoms with van der Waals surface area (Å²) in [6.45, 7) is 3.21. The highest BCUT2D eigenvalue weighted by molar-refractivity contribution is 5.83. The first kappa shape index (κ1) is 12.5. The van der Waals surface area contributed by atoms with E-state index in [4.69, 9.17) is 9.84 Å². The van der Waals surface area contributed by atoms with Gasteiger partial charge in [-0.1, -0.05) is 6.92 Å². The average Bonchev–Trinajstić information content (AvgIpc) is 3.17. The van der Waals surface area contributed by atoms with Gasteiger partial charge in [-0.25, -0.2) is 4.79 Å². The molecule has 0 saturated heterocycles. The van der Waals surface area contributed by atoms with Gasteiger partial charge in [0.2, 0.25) is 11.8 Å². The second-order valence-electron chi connectivity index (χ2n) is 4.25. The van der Waals surface area contributed by atoms with Crippen LogP contribution in [0.2, 0.25) is 0 Å². The molecule has 1 aromatic heterocycles. The van der Waals surface area contributed by atoms with Gasteiger partial charge in [0.1, 0.15) is 0 Å². The number of carboxylic acid groups (broad SMARTS) is 1. The van der Waals surface area contributed by atoms with Gasteiger partial charge in [0.15, 0.2) is 0 Å². The summed E-state index contributed by atoms with van der Waals surface area (Å²) in [5, 5.41) is 11.8. The number of nitrogens with zero attached hydrogens (tertiary/aromatic N) is 3. The van der Waals surface area contributed by atoms with Crippen molar-refractivity contribution in [3.63, 3.8) is 0 Å². The predicted octanol–water partition coefficient (Wildman–Crippen LogP) is 1.18. The Morgan fingerprint density at radius 1 is 1.44 bits per heavy atom. The highest BCUT2D eigenvalue weighted by Gasteiger charge is 2.23. The van der Waals surface area contributed by atoms with Gasteiger partial charge >= 0.3 is 12.0 Å². The molecule has 0 amide bonds. The van der Waals surface area contributed by atoms with Gasteiger partial charge < -0.3 is 15.2 Å². The van der Waals surface area contributed by atoms with Crippen molar-refractivity contribution in [3.05, 3.63) is 5.82 Å². The first-order chi connectivity index (χ1) is 8.69. The molecule has 7 heteroatoms. The molecule has 2 N–H and O–H groups in total. The quantitative estimate of drug-likeness (QED) is 0.751. The van der Waals surface area contributed by atoms with E-state index in [1.54, 1.807) is 0 Å². The van der Waals surface area contributed by atoms with Gasteiger partial charge in [-0.05, 0) is 25.2 Å². The van der Waals surface area contributed by atoms with E-state index in [9.17, 15) is 4.79 Å². The van der Waals surface area contributed by atoms with E-state index in [1.165, 1.54) is 0 Å². The summed E-state index contributed by atoms with van der Waals surface area (Å²) in [7, 11) is 0. The zero-order chi connectivity index (χ0) is 13.0. The Morgan fingerprint density at radius 3 is 2.83 bits per heavy atom. The maximum Gasteiger partial charge on any atom is 0.374 e. The summed E-state index contributed by atoms with van der Waals surface area (Å²) in [5.41, 5.74) is 0. The highest BCUT2D eigenvalue weighted by atomic mass is 16.5. The zero-order valence-corrected chi connectivity index (χ0v) is 10.2. The van der Waals surface area contributed by atoms with Crippen LogP contribution in [0.15, 0.2) is 0 Å². The third kappa shape index (κ3) is 3.54. The van der Waals surface area contributed by atoms with Crippen LogP contribution < -0.4 is 10.1 Å². The first-order valence-electron chi connectivity index (χ1n) is 6.05. The predicted molar refractivity (Wildman–Crippen MR) is 63.8 cm³/mol. The van der Waals surface area contributed by atoms with E-state index >= 15 is 0 Å². The number of hydrogen-bond acceptors (Lipinski definition) is 6. The maximum atomic E-state index is 10.9. The minimum Gasteiger partial charge on any atom is -0.475 e. The number of aromatic carboxylic acids is 1. The lowest BCUT2D eigenvalue weighted by molar-refractivity contribution is 0.0681. The summed E-state index contributed by atoms with van der Waals surface area (Å²) in [6.07, 6.45) is 3.20. The summed E-state index contributed by atoms with van der Waals surface area (Å²) < 4.78 is 5.38. The minimum absolute atomic E-state index is 0.0768. The van der Waals surface area contributed by atoms with Crippen molar-refractivity contribution in [1.82, 2.24) is 15.0 Å². The van der Waals surface area contributed by atoms with Crippen molar-refractivity contribution in [3.8, 4) is 6.01 Å². The lowest BCUT2D eigenvalue weighted by Gasteiger charge is -2.07. The number of nitrogens with one attached hydrogen (secondary N) is 1. The van der Waals surface area contributed by atoms with Crippen molar-refractivity contribution < 1.29 is 14.6 Å². The number of aromatic nitrogens is 3. The van der Waals surface area contributed by atoms with Crippen LogP contribution in [0.3, 0.4) is 0 Å². The highest BCUT2D eigenvalue weighted by Crippen LogP contribution is 2.29. The van der Waals surface area contributed by atoms with E-state index in [1.807, 2.05) is 6.92 Å². The molecule has 0 aliphatic heterocycles. The molecule has 1 aliphatic carbocycles. The fourth-order valence-electron chi connectivity index (χ4n) is 1.31. The molecule has 1 aromatic rings. The van der Waals surface area contributed by atoms with Crippen molar-refractivity contribution in [2.45, 2.75) is 26.2 Å². The van der Waals surface area contributed by atoms with Crippen molar-refractivity contribution in [2.75, 3.05) is 18.5 Å². The Kier molecular flexibility index (Phi) is 3.91. The second-order valence-corrected chi connectivity index (χ2v) is 4.25. The molecule has 0 atom stereocenters. The lowest BCUT2D eigenvalue weighted by atomic mass is 10.5. The Morgan fingerprint density at radius 2 is 2.22 bits per heavy atom. The third-order valence-electron chi connectivity index (χ3n) is 2.48. The minimum atomic E-state index is -1.19. The van der Waals surface area contributed by atoms with Gasteiger partial charge in [0, 0.05) is 6.54 Å². The van der Waals surface area contributed by atoms with Gasteiger partial charge in [-0.3, -0.25) is 0 Å². The van der Waals surface area contributed by atoms with Crippen molar-refractivity contribution in [2.24, 2.45) is 5.92 Å². The van der Waals surface area contributed by atoms with Gasteiger partial charge in [-0.15, -0.1) is 0 Å². The largest absolute Gasteiger partial charge is 0.475 e. The molecule has 18 heavy (non-hydrogen) atoms. The van der Waals surface area contributed by atoms with Crippen LogP contribution in [0, 0.1) is 5.92 Å². The number of carbonyl (C=O) groups is 1. The molecule has 1 aliphatic rings. The summed E-state index contributed by atoms with van der Waals surface area (Å²) in [4.78, 5) is 22.5. The molecule has 0 unspecified atom stereocenters. The fraction of sp³-hybridized carbons (Fsp3) is 0.636. The summed E-state index contributed by atoms with van der Waals surface area (Å²) in [5.74, 6) is -0.681. The Labute approximate surface area is 105 Å². The van der Waals surface area contributed by atoms with Gasteiger partial charge in [0.05, 0.1) is 6.61 Å². The average molecular weight is 252 g/mol. The molecule has 1 heterocycles. The number of carboxylic acids is 1. The van der Waals surface area contributed by atoms with Gasteiger partial charge in [0.25, 0.3) is 0 Å². The zero-order valence-electron chi connectivity index (χ0n) is 10.2. The molecule has 0 bridgehead atoms. The molecular formula is C11H16N4O3. The van der Waals surface area contributed by atoms with Gasteiger partial charge in [-0.2, -0.15) is 15.0 Å². The summed E-state index contributed by atoms with van der Waals surface area (Å²) in [6, 6.07) is 0.0768. The van der Waals surface area contributed by atoms with Crippen LogP contribution in [0.1, 0.15) is 36.8 Å². The Hall–Kier alpha value is -1.92. The second kappa shape index (κ2) is 5.61. The van der Waals surface area contributed by atoms with Crippen LogP contribution in [0.25, 0.3) is 0 Å². The standard InChI is InChI=1S/C11H16N4O3/c1-2-5-12-10-13-8(9(16)17)14-11(15-10)18-6-7-3-4-7/h7H,2-6H2,1H3,(H,16,17)(H,12,13,14,15). The molecule has 0 aromatic carbocycles. The molecule has 98 valence electrons. The normalized spacial score (nSPS) is 14.3. The molecular weight excluding hydrogens is 236 g/mol. The fourth-order valence-corrected chi connectivity index (χ4v) is 1.31. The smallest absolute Gasteiger partial charge is 0.374 e. The first-order valence-corrected chi connectivity index (χ1v) is 6.05. The third-order valence-corrected chi connectivity index (χ3v) is 2.48. The monoisotopic (exact) mass is 252 g/mol. The molecule has 7 nitrogen and oxygen atoms in total. The van der Waals surface area contributed by atoms with E-state index in [0.717, 1.165) is 19.3 Å². The van der Waals surface area contributed by atoms with Crippen LogP contribution in [0.4, 0.5) is 5.95 Å². The number of ether oxygens (including phenoxy) is 1.